The molecule has 3 aromatic carbocycles. The fourth-order valence-corrected chi connectivity index (χ4v) is 4.21. The first-order valence-corrected chi connectivity index (χ1v) is 10.2. The van der Waals surface area contributed by atoms with Gasteiger partial charge in [-0.3, -0.25) is 14.9 Å². The van der Waals surface area contributed by atoms with E-state index in [0.29, 0.717) is 4.31 Å². The van der Waals surface area contributed by atoms with Gasteiger partial charge < -0.3 is 5.32 Å². The molecule has 3 rings (SSSR count). The van der Waals surface area contributed by atoms with Crippen molar-refractivity contribution in [3.05, 3.63) is 94.5 Å². The largest absolute Gasteiger partial charge is 0.324 e. The molecule has 0 fully saturated rings. The van der Waals surface area contributed by atoms with E-state index in [1.54, 1.807) is 6.07 Å². The normalized spacial score (nSPS) is 11.0. The number of nitrogens with one attached hydrogen (secondary N) is 1. The maximum absolute atomic E-state index is 13.4. The molecule has 3 aromatic rings. The Hall–Kier alpha value is -3.86. The maximum Gasteiger partial charge on any atom is 0.293 e. The summed E-state index contributed by atoms with van der Waals surface area (Å²) in [5, 5.41) is 13.7. The van der Waals surface area contributed by atoms with Crippen molar-refractivity contribution in [2.45, 2.75) is 4.90 Å². The van der Waals surface area contributed by atoms with E-state index in [1.165, 1.54) is 42.5 Å². The molecule has 0 unspecified atom stereocenters. The van der Waals surface area contributed by atoms with Crippen LogP contribution in [0.2, 0.25) is 0 Å². The highest BCUT2D eigenvalue weighted by Gasteiger charge is 2.31. The van der Waals surface area contributed by atoms with Gasteiger partial charge in [0, 0.05) is 17.8 Å². The molecule has 0 aliphatic heterocycles. The molecule has 0 radical (unpaired) electrons. The molecule has 0 heterocycles. The zero-order valence-electron chi connectivity index (χ0n) is 15.7. The van der Waals surface area contributed by atoms with Crippen LogP contribution in [-0.4, -0.2) is 25.8 Å². The molecule has 8 nitrogen and oxygen atoms in total. The number of carbonyl (C=O) groups is 1. The second-order valence-corrected chi connectivity index (χ2v) is 8.11. The van der Waals surface area contributed by atoms with Gasteiger partial charge in [-0.05, 0) is 30.3 Å². The molecule has 0 saturated heterocycles. The van der Waals surface area contributed by atoms with Crippen LogP contribution in [-0.2, 0) is 14.8 Å². The molecule has 0 atom stereocenters. The molecule has 1 amide bonds. The van der Waals surface area contributed by atoms with E-state index in [4.69, 9.17) is 0 Å². The van der Waals surface area contributed by atoms with Crippen LogP contribution in [0, 0.1) is 21.7 Å². The highest BCUT2D eigenvalue weighted by Crippen LogP contribution is 2.32. The number of benzene rings is 3. The fraction of sp³-hybridized carbons (Fsp3) is 0.0500. The second kappa shape index (κ2) is 8.88. The summed E-state index contributed by atoms with van der Waals surface area (Å²) in [6.07, 6.45) is 0. The van der Waals surface area contributed by atoms with E-state index in [2.05, 4.69) is 5.32 Å². The van der Waals surface area contributed by atoms with Crippen molar-refractivity contribution in [3.8, 4) is 0 Å². The molecule has 1 N–H and O–H groups in total. The molecule has 0 aliphatic carbocycles. The Kier molecular flexibility index (Phi) is 6.25. The highest BCUT2D eigenvalue weighted by molar-refractivity contribution is 7.92. The highest BCUT2D eigenvalue weighted by atomic mass is 32.2. The number of carbonyl (C=O) groups excluding carboxylic acids is 1. The zero-order chi connectivity index (χ0) is 22.6. The summed E-state index contributed by atoms with van der Waals surface area (Å²) in [5.41, 5.74) is -0.956. The summed E-state index contributed by atoms with van der Waals surface area (Å²) >= 11 is 0. The number of sulfonamides is 1. The third-order valence-electron chi connectivity index (χ3n) is 4.17. The summed E-state index contributed by atoms with van der Waals surface area (Å²) in [6.45, 7) is -0.846. The van der Waals surface area contributed by atoms with Crippen LogP contribution >= 0.6 is 0 Å². The Labute approximate surface area is 175 Å². The van der Waals surface area contributed by atoms with Gasteiger partial charge >= 0.3 is 0 Å². The Morgan fingerprint density at radius 2 is 1.61 bits per heavy atom. The lowest BCUT2D eigenvalue weighted by Gasteiger charge is -2.23. The lowest BCUT2D eigenvalue weighted by Crippen LogP contribution is -2.38. The van der Waals surface area contributed by atoms with Crippen LogP contribution in [0.15, 0.2) is 77.7 Å². The van der Waals surface area contributed by atoms with Crippen molar-refractivity contribution in [1.82, 2.24) is 0 Å². The third-order valence-corrected chi connectivity index (χ3v) is 5.94. The van der Waals surface area contributed by atoms with Gasteiger partial charge in [0.2, 0.25) is 5.91 Å². The molecular formula is C20H15F2N3O5S. The number of rotatable bonds is 7. The minimum Gasteiger partial charge on any atom is -0.324 e. The quantitative estimate of drug-likeness (QED) is 0.439. The average molecular weight is 447 g/mol. The number of para-hydroxylation sites is 2. The standard InChI is InChI=1S/C20H15F2N3O5S/c21-16-11-10-14(12-17(16)22)23-20(26)13-24(18-8-4-5-9-19(18)25(27)28)31(29,30)15-6-2-1-3-7-15/h1-12H,13H2,(H,23,26). The minimum absolute atomic E-state index is 0.108. The zero-order valence-corrected chi connectivity index (χ0v) is 16.6. The molecule has 0 aromatic heterocycles. The van der Waals surface area contributed by atoms with Crippen LogP contribution in [0.25, 0.3) is 0 Å². The molecule has 0 aliphatic rings. The van der Waals surface area contributed by atoms with Gasteiger partial charge in [-0.2, -0.15) is 0 Å². The maximum atomic E-state index is 13.4. The van der Waals surface area contributed by atoms with Gasteiger partial charge in [0.05, 0.1) is 9.82 Å². The summed E-state index contributed by atoms with van der Waals surface area (Å²) in [7, 11) is -4.38. The second-order valence-electron chi connectivity index (χ2n) is 6.25. The Morgan fingerprint density at radius 1 is 0.968 bits per heavy atom. The van der Waals surface area contributed by atoms with Gasteiger partial charge in [-0.25, -0.2) is 21.5 Å². The van der Waals surface area contributed by atoms with Crippen LogP contribution in [0.5, 0.6) is 0 Å². The molecule has 0 saturated carbocycles. The van der Waals surface area contributed by atoms with Crippen LogP contribution in [0.4, 0.5) is 25.8 Å². The van der Waals surface area contributed by atoms with Crippen molar-refractivity contribution in [2.24, 2.45) is 0 Å². The number of nitro groups is 1. The number of amides is 1. The number of hydrogen-bond donors (Lipinski definition) is 1. The Morgan fingerprint density at radius 3 is 2.26 bits per heavy atom. The lowest BCUT2D eigenvalue weighted by molar-refractivity contribution is -0.384. The number of anilines is 2. The van der Waals surface area contributed by atoms with E-state index in [1.807, 2.05) is 0 Å². The van der Waals surface area contributed by atoms with Gasteiger partial charge in [0.1, 0.15) is 12.2 Å². The van der Waals surface area contributed by atoms with Crippen LogP contribution in [0.1, 0.15) is 0 Å². The predicted octanol–water partition coefficient (Wildman–Crippen LogP) is 3.71. The van der Waals surface area contributed by atoms with Crippen LogP contribution in [0.3, 0.4) is 0 Å². The van der Waals surface area contributed by atoms with Crippen LogP contribution < -0.4 is 9.62 Å². The van der Waals surface area contributed by atoms with Crippen molar-refractivity contribution >= 4 is 33.0 Å². The number of nitro benzene ring substituents is 1. The molecule has 0 bridgehead atoms. The first-order valence-electron chi connectivity index (χ1n) is 8.76. The number of halogens is 2. The molecule has 11 heteroatoms. The van der Waals surface area contributed by atoms with Crippen molar-refractivity contribution in [1.29, 1.82) is 0 Å². The third kappa shape index (κ3) is 4.83. The van der Waals surface area contributed by atoms with E-state index >= 15 is 0 Å². The van der Waals surface area contributed by atoms with Gasteiger partial charge in [0.15, 0.2) is 11.6 Å². The first-order chi connectivity index (χ1) is 14.7. The molecule has 31 heavy (non-hydrogen) atoms. The van der Waals surface area contributed by atoms with E-state index in [9.17, 15) is 32.1 Å². The smallest absolute Gasteiger partial charge is 0.293 e. The SMILES string of the molecule is O=C(CN(c1ccccc1[N+](=O)[O-])S(=O)(=O)c1ccccc1)Nc1ccc(F)c(F)c1. The van der Waals surface area contributed by atoms with Gasteiger partial charge in [-0.1, -0.05) is 30.3 Å². The van der Waals surface area contributed by atoms with E-state index in [-0.39, 0.29) is 16.3 Å². The number of nitrogens with zero attached hydrogens (tertiary/aromatic N) is 2. The fourth-order valence-electron chi connectivity index (χ4n) is 2.75. The van der Waals surface area contributed by atoms with Crippen molar-refractivity contribution in [3.63, 3.8) is 0 Å². The Balaban J connectivity index is 2.01. The first kappa shape index (κ1) is 21.8. The van der Waals surface area contributed by atoms with Crippen molar-refractivity contribution < 1.29 is 26.9 Å². The number of hydrogen-bond acceptors (Lipinski definition) is 5. The van der Waals surface area contributed by atoms with E-state index < -0.39 is 44.7 Å². The van der Waals surface area contributed by atoms with Crippen molar-refractivity contribution in [2.75, 3.05) is 16.2 Å². The summed E-state index contributed by atoms with van der Waals surface area (Å²) in [6, 6.07) is 14.8. The minimum atomic E-state index is -4.38. The Bertz CT molecular complexity index is 1240. The molecule has 0 spiro atoms. The van der Waals surface area contributed by atoms with Gasteiger partial charge in [-0.15, -0.1) is 0 Å². The average Bonchev–Trinajstić information content (AvgIpc) is 2.75. The van der Waals surface area contributed by atoms with E-state index in [0.717, 1.165) is 24.3 Å². The molecular weight excluding hydrogens is 432 g/mol. The summed E-state index contributed by atoms with van der Waals surface area (Å²) in [4.78, 5) is 23.0. The molecule has 160 valence electrons. The summed E-state index contributed by atoms with van der Waals surface area (Å²) < 4.78 is 53.5. The monoisotopic (exact) mass is 447 g/mol. The van der Waals surface area contributed by atoms with Gasteiger partial charge in [0.25, 0.3) is 15.7 Å². The summed E-state index contributed by atoms with van der Waals surface area (Å²) in [5.74, 6) is -3.24. The lowest BCUT2D eigenvalue weighted by atomic mass is 10.2. The topological polar surface area (TPSA) is 110 Å². The predicted molar refractivity (Wildman–Crippen MR) is 109 cm³/mol.